The van der Waals surface area contributed by atoms with E-state index in [0.29, 0.717) is 0 Å². The number of nitrogens with one attached hydrogen (secondary N) is 3. The normalized spacial score (nSPS) is 17.8. The lowest BCUT2D eigenvalue weighted by molar-refractivity contribution is 0.546. The third-order valence-corrected chi connectivity index (χ3v) is 12.6. The molecule has 2 aromatic carbocycles. The zero-order valence-electron chi connectivity index (χ0n) is 27.0. The quantitative estimate of drug-likeness (QED) is 0.259. The molecule has 0 amide bonds. The van der Waals surface area contributed by atoms with Crippen molar-refractivity contribution in [2.24, 2.45) is 7.05 Å². The van der Waals surface area contributed by atoms with Gasteiger partial charge in [-0.25, -0.2) is 31.3 Å². The van der Waals surface area contributed by atoms with Crippen molar-refractivity contribution in [2.75, 3.05) is 0 Å². The van der Waals surface area contributed by atoms with E-state index in [1.54, 1.807) is 40.2 Å². The number of nitrogens with zero attached hydrogens (tertiary/aromatic N) is 3. The molecule has 0 bridgehead atoms. The van der Waals surface area contributed by atoms with Crippen molar-refractivity contribution in [3.05, 3.63) is 82.6 Å². The van der Waals surface area contributed by atoms with E-state index in [0.717, 1.165) is 53.9 Å². The zero-order valence-corrected chi connectivity index (χ0v) is 28.7. The molecular weight excluding hydrogens is 609 g/mol. The zero-order chi connectivity index (χ0) is 32.7. The molecule has 4 aromatic rings. The van der Waals surface area contributed by atoms with Crippen LogP contribution in [-0.2, 0) is 52.8 Å². The van der Waals surface area contributed by atoms with E-state index in [1.165, 1.54) is 27.8 Å². The lowest BCUT2D eigenvalue weighted by atomic mass is 9.99. The van der Waals surface area contributed by atoms with Gasteiger partial charge in [-0.1, -0.05) is 30.3 Å². The van der Waals surface area contributed by atoms with Crippen molar-refractivity contribution < 1.29 is 16.8 Å². The molecule has 12 heteroatoms. The van der Waals surface area contributed by atoms with Crippen LogP contribution >= 0.6 is 0 Å². The smallest absolute Gasteiger partial charge is 0.214 e. The fourth-order valence-corrected chi connectivity index (χ4v) is 7.87. The van der Waals surface area contributed by atoms with Gasteiger partial charge in [0, 0.05) is 30.4 Å². The van der Waals surface area contributed by atoms with Gasteiger partial charge in [-0.15, -0.1) is 0 Å². The van der Waals surface area contributed by atoms with E-state index in [4.69, 9.17) is 0 Å². The number of aromatic nitrogens is 4. The standard InChI is InChI=1S/C18H25N3O2S.C15H19N3O2S/c1-11(2)24(22,23)20-17-9-14-6-7-15(8-16(14)10-17)18-12(3)19-21(5)13(18)4;1-10(2)21(19,20)18-14-6-11-3-4-12(5-13(11)7-14)15-8-16-9-17-15/h6-8,11,17,20H,9-10H2,1-5H3;3-5,8-10,14,18H,6-7H2,1-2H3,(H,16,17). The van der Waals surface area contributed by atoms with Gasteiger partial charge in [0.1, 0.15) is 0 Å². The second kappa shape index (κ2) is 12.8. The molecule has 3 N–H and O–H groups in total. The van der Waals surface area contributed by atoms with E-state index in [-0.39, 0.29) is 12.1 Å². The number of hydrogen-bond donors (Lipinski definition) is 3. The minimum atomic E-state index is -3.24. The molecule has 2 aromatic heterocycles. The molecule has 0 radical (unpaired) electrons. The molecule has 2 aliphatic carbocycles. The molecule has 0 saturated heterocycles. The summed E-state index contributed by atoms with van der Waals surface area (Å²) in [6.07, 6.45) is 6.44. The Balaban J connectivity index is 0.000000179. The molecular formula is C33H44N6O4S2. The highest BCUT2D eigenvalue weighted by Crippen LogP contribution is 2.32. The predicted molar refractivity (Wildman–Crippen MR) is 179 cm³/mol. The van der Waals surface area contributed by atoms with Crippen molar-refractivity contribution in [3.63, 3.8) is 0 Å². The van der Waals surface area contributed by atoms with Gasteiger partial charge in [0.05, 0.1) is 34.4 Å². The number of H-pyrrole nitrogens is 1. The minimum absolute atomic E-state index is 0.0376. The Morgan fingerprint density at radius 2 is 1.27 bits per heavy atom. The van der Waals surface area contributed by atoms with Crippen molar-refractivity contribution >= 4 is 20.0 Å². The summed E-state index contributed by atoms with van der Waals surface area (Å²) >= 11 is 0. The minimum Gasteiger partial charge on any atom is -0.345 e. The highest BCUT2D eigenvalue weighted by molar-refractivity contribution is 7.90. The number of fused-ring (bicyclic) bond motifs is 2. The SMILES string of the molecule is CC(C)S(=O)(=O)NC1Cc2ccc(-c3cnc[nH]3)cc2C1.Cc1nn(C)c(C)c1-c1ccc2c(c1)CC(NS(=O)(=O)C(C)C)C2. The maximum absolute atomic E-state index is 12.1. The Morgan fingerprint density at radius 3 is 1.71 bits per heavy atom. The molecule has 0 saturated carbocycles. The van der Waals surface area contributed by atoms with Gasteiger partial charge in [-0.2, -0.15) is 5.10 Å². The van der Waals surface area contributed by atoms with Gasteiger partial charge in [-0.05, 0) is 107 Å². The van der Waals surface area contributed by atoms with Gasteiger partial charge in [0.2, 0.25) is 20.0 Å². The molecule has 10 nitrogen and oxygen atoms in total. The Kier molecular flexibility index (Phi) is 9.42. The Hall–Kier alpha value is -3.32. The highest BCUT2D eigenvalue weighted by Gasteiger charge is 2.29. The summed E-state index contributed by atoms with van der Waals surface area (Å²) in [7, 11) is -4.50. The number of aromatic amines is 1. The molecule has 2 aliphatic rings. The third-order valence-electron chi connectivity index (χ3n) is 8.79. The van der Waals surface area contributed by atoms with E-state index >= 15 is 0 Å². The summed E-state index contributed by atoms with van der Waals surface area (Å²) in [5.74, 6) is 0. The predicted octanol–water partition coefficient (Wildman–Crippen LogP) is 4.37. The molecule has 45 heavy (non-hydrogen) atoms. The molecule has 2 atom stereocenters. The topological polar surface area (TPSA) is 139 Å². The molecule has 0 aliphatic heterocycles. The monoisotopic (exact) mass is 652 g/mol. The van der Waals surface area contributed by atoms with Crippen LogP contribution < -0.4 is 9.44 Å². The van der Waals surface area contributed by atoms with Crippen LogP contribution in [0.5, 0.6) is 0 Å². The first kappa shape index (κ1) is 33.1. The first-order valence-corrected chi connectivity index (χ1v) is 18.5. The summed E-state index contributed by atoms with van der Waals surface area (Å²) in [5, 5.41) is 3.68. The van der Waals surface area contributed by atoms with Crippen molar-refractivity contribution in [1.29, 1.82) is 0 Å². The lowest BCUT2D eigenvalue weighted by Gasteiger charge is -2.14. The second-order valence-corrected chi connectivity index (χ2v) is 17.3. The number of imidazole rings is 1. The van der Waals surface area contributed by atoms with Crippen LogP contribution in [0.1, 0.15) is 61.3 Å². The summed E-state index contributed by atoms with van der Waals surface area (Å²) in [5.41, 5.74) is 11.4. The molecule has 242 valence electrons. The van der Waals surface area contributed by atoms with Crippen molar-refractivity contribution in [3.8, 4) is 22.4 Å². The number of benzene rings is 2. The number of rotatable bonds is 8. The van der Waals surface area contributed by atoms with Gasteiger partial charge in [0.15, 0.2) is 0 Å². The van der Waals surface area contributed by atoms with Crippen LogP contribution in [0.2, 0.25) is 0 Å². The second-order valence-electron chi connectivity index (χ2n) is 12.7. The van der Waals surface area contributed by atoms with E-state index in [2.05, 4.69) is 61.8 Å². The van der Waals surface area contributed by atoms with Crippen molar-refractivity contribution in [1.82, 2.24) is 29.2 Å². The average molecular weight is 653 g/mol. The summed E-state index contributed by atoms with van der Waals surface area (Å²) in [6.45, 7) is 10.9. The molecule has 0 spiro atoms. The number of hydrogen-bond acceptors (Lipinski definition) is 6. The van der Waals surface area contributed by atoms with Gasteiger partial charge >= 0.3 is 0 Å². The Bertz CT molecular complexity index is 1890. The van der Waals surface area contributed by atoms with Gasteiger partial charge in [-0.3, -0.25) is 4.68 Å². The van der Waals surface area contributed by atoms with Gasteiger partial charge < -0.3 is 4.98 Å². The summed E-state index contributed by atoms with van der Waals surface area (Å²) in [6, 6.07) is 12.6. The first-order valence-electron chi connectivity index (χ1n) is 15.4. The molecule has 2 heterocycles. The van der Waals surface area contributed by atoms with Crippen molar-refractivity contribution in [2.45, 2.75) is 89.8 Å². The Morgan fingerprint density at radius 1 is 0.778 bits per heavy atom. The van der Waals surface area contributed by atoms with Crippen LogP contribution in [0.3, 0.4) is 0 Å². The summed E-state index contributed by atoms with van der Waals surface area (Å²) < 4.78 is 55.7. The number of sulfonamides is 2. The fraction of sp³-hybridized carbons (Fsp3) is 0.455. The molecule has 6 rings (SSSR count). The van der Waals surface area contributed by atoms with Crippen LogP contribution in [0.25, 0.3) is 22.4 Å². The van der Waals surface area contributed by atoms with Crippen LogP contribution in [0.15, 0.2) is 48.9 Å². The van der Waals surface area contributed by atoms with E-state index in [9.17, 15) is 16.8 Å². The van der Waals surface area contributed by atoms with Crippen LogP contribution in [0, 0.1) is 13.8 Å². The maximum atomic E-state index is 12.1. The highest BCUT2D eigenvalue weighted by atomic mass is 32.2. The molecule has 0 fully saturated rings. The number of aryl methyl sites for hydroxylation is 2. The van der Waals surface area contributed by atoms with Crippen LogP contribution in [-0.4, -0.2) is 59.2 Å². The maximum Gasteiger partial charge on any atom is 0.214 e. The fourth-order valence-electron chi connectivity index (χ4n) is 6.07. The lowest BCUT2D eigenvalue weighted by Crippen LogP contribution is -2.39. The third kappa shape index (κ3) is 7.24. The van der Waals surface area contributed by atoms with Gasteiger partial charge in [0.25, 0.3) is 0 Å². The first-order chi connectivity index (χ1) is 21.1. The largest absolute Gasteiger partial charge is 0.345 e. The van der Waals surface area contributed by atoms with E-state index < -0.39 is 30.5 Å². The molecule has 2 unspecified atom stereocenters. The van der Waals surface area contributed by atoms with Crippen LogP contribution in [0.4, 0.5) is 0 Å². The Labute approximate surface area is 267 Å². The average Bonchev–Trinajstić information content (AvgIpc) is 3.74. The summed E-state index contributed by atoms with van der Waals surface area (Å²) in [4.78, 5) is 7.11. The van der Waals surface area contributed by atoms with E-state index in [1.807, 2.05) is 24.7 Å².